The summed E-state index contributed by atoms with van der Waals surface area (Å²) in [6, 6.07) is 1.31. The molecule has 1 aromatic heterocycles. The number of carbonyl (C=O) groups excluding carboxylic acids is 1. The van der Waals surface area contributed by atoms with Gasteiger partial charge in [-0.2, -0.15) is 13.2 Å². The number of anilines is 1. The van der Waals surface area contributed by atoms with E-state index >= 15 is 0 Å². The van der Waals surface area contributed by atoms with Gasteiger partial charge in [0.1, 0.15) is 5.82 Å². The lowest BCUT2D eigenvalue weighted by Gasteiger charge is -2.27. The van der Waals surface area contributed by atoms with Crippen molar-refractivity contribution < 1.29 is 27.4 Å². The Bertz CT molecular complexity index is 560. The molecule has 0 unspecified atom stereocenters. The molecular weight excluding hydrogens is 315 g/mol. The van der Waals surface area contributed by atoms with Gasteiger partial charge in [0.05, 0.1) is 18.8 Å². The zero-order valence-electron chi connectivity index (χ0n) is 12.9. The predicted octanol–water partition coefficient (Wildman–Crippen LogP) is 2.27. The molecule has 1 saturated heterocycles. The summed E-state index contributed by atoms with van der Waals surface area (Å²) < 4.78 is 48.4. The number of morpholine rings is 1. The highest BCUT2D eigenvalue weighted by Gasteiger charge is 2.33. The molecule has 0 aromatic carbocycles. The monoisotopic (exact) mass is 333 g/mol. The molecule has 23 heavy (non-hydrogen) atoms. The normalized spacial score (nSPS) is 15.4. The maximum absolute atomic E-state index is 12.7. The number of carbonyl (C=O) groups is 1. The van der Waals surface area contributed by atoms with Crippen LogP contribution in [0.1, 0.15) is 11.1 Å². The van der Waals surface area contributed by atoms with E-state index in [1.807, 2.05) is 0 Å². The number of pyridine rings is 1. The number of amides is 1. The van der Waals surface area contributed by atoms with Crippen molar-refractivity contribution in [3.63, 3.8) is 0 Å². The van der Waals surface area contributed by atoms with Gasteiger partial charge in [-0.25, -0.2) is 9.78 Å². The van der Waals surface area contributed by atoms with E-state index in [0.717, 1.165) is 6.20 Å². The van der Waals surface area contributed by atoms with Gasteiger partial charge in [0.2, 0.25) is 0 Å². The van der Waals surface area contributed by atoms with Gasteiger partial charge in [0, 0.05) is 26.3 Å². The van der Waals surface area contributed by atoms with Crippen molar-refractivity contribution in [1.29, 1.82) is 0 Å². The number of ether oxygens (including phenoxy) is 2. The third-order valence-electron chi connectivity index (χ3n) is 3.44. The van der Waals surface area contributed by atoms with Crippen molar-refractivity contribution in [3.8, 4) is 0 Å². The number of halogens is 3. The van der Waals surface area contributed by atoms with E-state index in [1.165, 1.54) is 22.8 Å². The molecule has 1 aliphatic heterocycles. The van der Waals surface area contributed by atoms with E-state index in [0.29, 0.717) is 32.1 Å². The molecule has 0 aliphatic carbocycles. The Morgan fingerprint density at radius 3 is 2.65 bits per heavy atom. The number of hydrogen-bond acceptors (Lipinski definition) is 5. The van der Waals surface area contributed by atoms with Crippen molar-refractivity contribution in [2.75, 3.05) is 45.0 Å². The van der Waals surface area contributed by atoms with Crippen LogP contribution in [-0.2, 0) is 15.7 Å². The number of aryl methyl sites for hydroxylation is 1. The average Bonchev–Trinajstić information content (AvgIpc) is 2.51. The van der Waals surface area contributed by atoms with Crippen LogP contribution in [0.15, 0.2) is 12.3 Å². The Morgan fingerprint density at radius 2 is 2.09 bits per heavy atom. The van der Waals surface area contributed by atoms with Gasteiger partial charge >= 0.3 is 12.3 Å². The third-order valence-corrected chi connectivity index (χ3v) is 3.44. The highest BCUT2D eigenvalue weighted by molar-refractivity contribution is 5.67. The Hall–Kier alpha value is -2.03. The van der Waals surface area contributed by atoms with E-state index in [2.05, 4.69) is 4.98 Å². The van der Waals surface area contributed by atoms with Gasteiger partial charge in [-0.15, -0.1) is 0 Å². The van der Waals surface area contributed by atoms with E-state index in [-0.39, 0.29) is 12.3 Å². The Labute approximate surface area is 131 Å². The van der Waals surface area contributed by atoms with Crippen LogP contribution in [0.5, 0.6) is 0 Å². The summed E-state index contributed by atoms with van der Waals surface area (Å²) in [7, 11) is 1.58. The first-order valence-electron chi connectivity index (χ1n) is 7.03. The van der Waals surface area contributed by atoms with Crippen LogP contribution in [0.4, 0.5) is 23.8 Å². The Kier molecular flexibility index (Phi) is 5.30. The summed E-state index contributed by atoms with van der Waals surface area (Å²) in [4.78, 5) is 18.6. The molecule has 1 amide bonds. The summed E-state index contributed by atoms with van der Waals surface area (Å²) >= 11 is 0. The quantitative estimate of drug-likeness (QED) is 0.794. The summed E-state index contributed by atoms with van der Waals surface area (Å²) in [6.45, 7) is 3.10. The molecule has 0 bridgehead atoms. The minimum atomic E-state index is -4.43. The summed E-state index contributed by atoms with van der Waals surface area (Å²) in [5, 5.41) is 0. The number of aromatic nitrogens is 1. The summed E-state index contributed by atoms with van der Waals surface area (Å²) in [6.07, 6.45) is -4.13. The van der Waals surface area contributed by atoms with Crippen LogP contribution in [0.25, 0.3) is 0 Å². The Balaban J connectivity index is 1.94. The predicted molar refractivity (Wildman–Crippen MR) is 76.1 cm³/mol. The zero-order chi connectivity index (χ0) is 17.0. The van der Waals surface area contributed by atoms with E-state index in [4.69, 9.17) is 9.47 Å². The molecule has 1 aromatic rings. The molecule has 9 heteroatoms. The maximum atomic E-state index is 12.7. The zero-order valence-corrected chi connectivity index (χ0v) is 12.9. The molecule has 0 radical (unpaired) electrons. The fourth-order valence-corrected chi connectivity index (χ4v) is 2.10. The minimum absolute atomic E-state index is 0.0638. The number of alkyl halides is 3. The molecule has 1 aliphatic rings. The molecular formula is C14H18F3N3O3. The molecule has 0 saturated carbocycles. The SMILES string of the molecule is Cc1cc(N(C)COC(=O)N2CCOCC2)ncc1C(F)(F)F. The van der Waals surface area contributed by atoms with E-state index < -0.39 is 17.8 Å². The van der Waals surface area contributed by atoms with Crippen LogP contribution in [0.2, 0.25) is 0 Å². The van der Waals surface area contributed by atoms with Gasteiger partial charge in [0.25, 0.3) is 0 Å². The summed E-state index contributed by atoms with van der Waals surface area (Å²) in [5.74, 6) is 0.297. The molecule has 0 spiro atoms. The van der Waals surface area contributed by atoms with Gasteiger partial charge < -0.3 is 19.3 Å². The van der Waals surface area contributed by atoms with Crippen molar-refractivity contribution >= 4 is 11.9 Å². The summed E-state index contributed by atoms with van der Waals surface area (Å²) in [5.41, 5.74) is -0.714. The fraction of sp³-hybridized carbons (Fsp3) is 0.571. The second-order valence-electron chi connectivity index (χ2n) is 5.19. The van der Waals surface area contributed by atoms with Crippen molar-refractivity contribution in [2.24, 2.45) is 0 Å². The number of rotatable bonds is 3. The molecule has 1 fully saturated rings. The van der Waals surface area contributed by atoms with Gasteiger partial charge in [-0.05, 0) is 18.6 Å². The molecule has 2 rings (SSSR count). The highest BCUT2D eigenvalue weighted by atomic mass is 19.4. The maximum Gasteiger partial charge on any atom is 0.418 e. The molecule has 128 valence electrons. The molecule has 2 heterocycles. The van der Waals surface area contributed by atoms with Gasteiger partial charge in [-0.3, -0.25) is 0 Å². The van der Waals surface area contributed by atoms with Gasteiger partial charge in [-0.1, -0.05) is 0 Å². The van der Waals surface area contributed by atoms with Crippen LogP contribution < -0.4 is 4.90 Å². The first-order chi connectivity index (χ1) is 10.8. The van der Waals surface area contributed by atoms with E-state index in [9.17, 15) is 18.0 Å². The molecule has 0 atom stereocenters. The minimum Gasteiger partial charge on any atom is -0.428 e. The van der Waals surface area contributed by atoms with Crippen molar-refractivity contribution in [3.05, 3.63) is 23.4 Å². The van der Waals surface area contributed by atoms with Crippen LogP contribution in [-0.4, -0.2) is 56.1 Å². The molecule has 6 nitrogen and oxygen atoms in total. The first kappa shape index (κ1) is 17.3. The van der Waals surface area contributed by atoms with Crippen molar-refractivity contribution in [2.45, 2.75) is 13.1 Å². The largest absolute Gasteiger partial charge is 0.428 e. The first-order valence-corrected chi connectivity index (χ1v) is 7.03. The van der Waals surface area contributed by atoms with E-state index in [1.54, 1.807) is 7.05 Å². The lowest BCUT2D eigenvalue weighted by molar-refractivity contribution is -0.138. The van der Waals surface area contributed by atoms with Crippen LogP contribution in [0, 0.1) is 6.92 Å². The second kappa shape index (κ2) is 7.03. The van der Waals surface area contributed by atoms with Gasteiger partial charge in [0.15, 0.2) is 6.73 Å². The fourth-order valence-electron chi connectivity index (χ4n) is 2.10. The lowest BCUT2D eigenvalue weighted by Crippen LogP contribution is -2.42. The number of nitrogens with zero attached hydrogens (tertiary/aromatic N) is 3. The van der Waals surface area contributed by atoms with Crippen molar-refractivity contribution in [1.82, 2.24) is 9.88 Å². The van der Waals surface area contributed by atoms with Crippen LogP contribution in [0.3, 0.4) is 0 Å². The molecule has 0 N–H and O–H groups in total. The third kappa shape index (κ3) is 4.47. The Morgan fingerprint density at radius 1 is 1.43 bits per heavy atom. The number of hydrogen-bond donors (Lipinski definition) is 0. The van der Waals surface area contributed by atoms with Crippen LogP contribution >= 0.6 is 0 Å². The lowest BCUT2D eigenvalue weighted by atomic mass is 10.1. The highest BCUT2D eigenvalue weighted by Crippen LogP contribution is 2.32. The average molecular weight is 333 g/mol. The standard InChI is InChI=1S/C14H18F3N3O3/c1-10-7-12(18-8-11(10)14(15,16)17)19(2)9-23-13(21)20-3-5-22-6-4-20/h7-8H,3-6,9H2,1-2H3. The smallest absolute Gasteiger partial charge is 0.418 e. The topological polar surface area (TPSA) is 54.9 Å². The second-order valence-corrected chi connectivity index (χ2v) is 5.19.